The van der Waals surface area contributed by atoms with Gasteiger partial charge in [-0.2, -0.15) is 0 Å². The first-order valence-electron chi connectivity index (χ1n) is 8.33. The zero-order valence-electron chi connectivity index (χ0n) is 14.5. The van der Waals surface area contributed by atoms with Crippen LogP contribution in [0, 0.1) is 0 Å². The van der Waals surface area contributed by atoms with Crippen molar-refractivity contribution >= 4 is 28.3 Å². The van der Waals surface area contributed by atoms with Crippen LogP contribution in [-0.4, -0.2) is 30.9 Å². The second-order valence-corrected chi connectivity index (χ2v) is 6.78. The number of methoxy groups -OCH3 is 1. The molecule has 0 fully saturated rings. The minimum absolute atomic E-state index is 0.152. The normalized spacial score (nSPS) is 11.0. The minimum atomic E-state index is -0.152. The largest absolute Gasteiger partial charge is 0.385 e. The molecule has 0 spiro atoms. The Hall–Kier alpha value is -2.31. The molecule has 0 aliphatic heterocycles. The zero-order valence-corrected chi connectivity index (χ0v) is 15.4. The Morgan fingerprint density at radius 1 is 1.20 bits per heavy atom. The van der Waals surface area contributed by atoms with Gasteiger partial charge in [-0.3, -0.25) is 0 Å². The second-order valence-electron chi connectivity index (χ2n) is 5.84. The highest BCUT2D eigenvalue weighted by Crippen LogP contribution is 2.35. The number of amides is 2. The van der Waals surface area contributed by atoms with Gasteiger partial charge in [-0.25, -0.2) is 4.79 Å². The molecule has 2 amide bonds. The molecule has 0 aliphatic rings. The molecule has 3 rings (SSSR count). The number of aromatic nitrogens is 1. The number of para-hydroxylation sites is 1. The van der Waals surface area contributed by atoms with Crippen LogP contribution in [0.15, 0.2) is 41.8 Å². The lowest BCUT2D eigenvalue weighted by Crippen LogP contribution is -2.35. The highest BCUT2D eigenvalue weighted by Gasteiger charge is 2.17. The summed E-state index contributed by atoms with van der Waals surface area (Å²) in [6, 6.07) is 12.3. The van der Waals surface area contributed by atoms with Crippen molar-refractivity contribution in [2.75, 3.05) is 20.3 Å². The monoisotopic (exact) mass is 357 g/mol. The van der Waals surface area contributed by atoms with Crippen molar-refractivity contribution in [3.63, 3.8) is 0 Å². The van der Waals surface area contributed by atoms with Crippen LogP contribution in [0.3, 0.4) is 0 Å². The number of rotatable bonds is 7. The number of ether oxygens (including phenoxy) is 1. The Morgan fingerprint density at radius 2 is 2.04 bits per heavy atom. The molecule has 2 heterocycles. The van der Waals surface area contributed by atoms with Gasteiger partial charge in [0.15, 0.2) is 0 Å². The van der Waals surface area contributed by atoms with Crippen LogP contribution in [0.5, 0.6) is 0 Å². The van der Waals surface area contributed by atoms with Gasteiger partial charge in [-0.1, -0.05) is 24.3 Å². The number of urea groups is 1. The van der Waals surface area contributed by atoms with Crippen molar-refractivity contribution in [2.24, 2.45) is 7.05 Å². The number of thiophene rings is 1. The van der Waals surface area contributed by atoms with Crippen molar-refractivity contribution in [1.82, 2.24) is 15.2 Å². The summed E-state index contributed by atoms with van der Waals surface area (Å²) >= 11 is 1.71. The first-order chi connectivity index (χ1) is 12.2. The van der Waals surface area contributed by atoms with Gasteiger partial charge in [0.1, 0.15) is 0 Å². The Morgan fingerprint density at radius 3 is 2.80 bits per heavy atom. The molecular weight excluding hydrogens is 334 g/mol. The van der Waals surface area contributed by atoms with Gasteiger partial charge in [0, 0.05) is 50.3 Å². The summed E-state index contributed by atoms with van der Waals surface area (Å²) < 4.78 is 7.19. The SMILES string of the molecule is COCCCNC(=O)NCc1c(-c2cccs2)n(C)c2ccccc12. The van der Waals surface area contributed by atoms with E-state index in [1.807, 2.05) is 12.1 Å². The van der Waals surface area contributed by atoms with E-state index in [0.29, 0.717) is 19.7 Å². The molecule has 0 radical (unpaired) electrons. The molecule has 25 heavy (non-hydrogen) atoms. The number of fused-ring (bicyclic) bond motifs is 1. The van der Waals surface area contributed by atoms with Crippen LogP contribution in [0.1, 0.15) is 12.0 Å². The fraction of sp³-hybridized carbons (Fsp3) is 0.316. The lowest BCUT2D eigenvalue weighted by atomic mass is 10.1. The standard InChI is InChI=1S/C19H23N3O2S/c1-22-16-8-4-3-7-14(16)15(18(22)17-9-5-12-25-17)13-21-19(23)20-10-6-11-24-2/h3-5,7-9,12H,6,10-11,13H2,1-2H3,(H2,20,21,23). The molecule has 132 valence electrons. The number of nitrogens with zero attached hydrogens (tertiary/aromatic N) is 1. The van der Waals surface area contributed by atoms with E-state index in [9.17, 15) is 4.79 Å². The molecule has 2 aromatic heterocycles. The van der Waals surface area contributed by atoms with Gasteiger partial charge in [-0.05, 0) is 23.9 Å². The van der Waals surface area contributed by atoms with Gasteiger partial charge < -0.3 is 19.9 Å². The van der Waals surface area contributed by atoms with Crippen LogP contribution < -0.4 is 10.6 Å². The highest BCUT2D eigenvalue weighted by atomic mass is 32.1. The molecule has 1 aromatic carbocycles. The summed E-state index contributed by atoms with van der Waals surface area (Å²) in [5.41, 5.74) is 3.48. The number of nitrogens with one attached hydrogen (secondary N) is 2. The predicted molar refractivity (Wildman–Crippen MR) is 103 cm³/mol. The van der Waals surface area contributed by atoms with Crippen LogP contribution in [0.4, 0.5) is 4.79 Å². The summed E-state index contributed by atoms with van der Waals surface area (Å²) in [4.78, 5) is 13.3. The van der Waals surface area contributed by atoms with E-state index in [4.69, 9.17) is 4.74 Å². The quantitative estimate of drug-likeness (QED) is 0.633. The molecule has 2 N–H and O–H groups in total. The van der Waals surface area contributed by atoms with E-state index in [1.54, 1.807) is 18.4 Å². The predicted octanol–water partition coefficient (Wildman–Crippen LogP) is 3.74. The molecule has 0 saturated heterocycles. The fourth-order valence-corrected chi connectivity index (χ4v) is 3.86. The molecule has 6 heteroatoms. The Balaban J connectivity index is 1.81. The smallest absolute Gasteiger partial charge is 0.315 e. The number of carbonyl (C=O) groups is 1. The molecule has 0 bridgehead atoms. The molecule has 5 nitrogen and oxygen atoms in total. The fourth-order valence-electron chi connectivity index (χ4n) is 3.03. The number of carbonyl (C=O) groups excluding carboxylic acids is 1. The summed E-state index contributed by atoms with van der Waals surface area (Å²) in [6.45, 7) is 1.74. The number of hydrogen-bond donors (Lipinski definition) is 2. The van der Waals surface area contributed by atoms with Crippen molar-refractivity contribution in [1.29, 1.82) is 0 Å². The van der Waals surface area contributed by atoms with Crippen LogP contribution in [0.2, 0.25) is 0 Å². The number of aryl methyl sites for hydroxylation is 1. The van der Waals surface area contributed by atoms with E-state index in [1.165, 1.54) is 15.8 Å². The summed E-state index contributed by atoms with van der Waals surface area (Å²) in [7, 11) is 3.73. The minimum Gasteiger partial charge on any atom is -0.385 e. The maximum atomic E-state index is 12.1. The van der Waals surface area contributed by atoms with E-state index < -0.39 is 0 Å². The third-order valence-electron chi connectivity index (χ3n) is 4.20. The summed E-state index contributed by atoms with van der Waals surface area (Å²) in [5, 5.41) is 9.10. The van der Waals surface area contributed by atoms with E-state index >= 15 is 0 Å². The molecule has 3 aromatic rings. The van der Waals surface area contributed by atoms with Gasteiger partial charge in [-0.15, -0.1) is 11.3 Å². The molecular formula is C19H23N3O2S. The van der Waals surface area contributed by atoms with Crippen LogP contribution >= 0.6 is 11.3 Å². The lowest BCUT2D eigenvalue weighted by Gasteiger charge is -2.09. The van der Waals surface area contributed by atoms with Crippen LogP contribution in [0.25, 0.3) is 21.5 Å². The highest BCUT2D eigenvalue weighted by molar-refractivity contribution is 7.13. The Kier molecular flexibility index (Phi) is 5.73. The molecule has 0 unspecified atom stereocenters. The molecule has 0 atom stereocenters. The van der Waals surface area contributed by atoms with E-state index in [-0.39, 0.29) is 6.03 Å². The summed E-state index contributed by atoms with van der Waals surface area (Å²) in [5.74, 6) is 0. The van der Waals surface area contributed by atoms with Gasteiger partial charge in [0.25, 0.3) is 0 Å². The summed E-state index contributed by atoms with van der Waals surface area (Å²) in [6.07, 6.45) is 0.804. The average molecular weight is 357 g/mol. The topological polar surface area (TPSA) is 55.3 Å². The van der Waals surface area contributed by atoms with Crippen molar-refractivity contribution in [3.05, 3.63) is 47.3 Å². The van der Waals surface area contributed by atoms with Crippen LogP contribution in [-0.2, 0) is 18.3 Å². The third kappa shape index (κ3) is 3.86. The zero-order chi connectivity index (χ0) is 17.6. The third-order valence-corrected chi connectivity index (χ3v) is 5.08. The first-order valence-corrected chi connectivity index (χ1v) is 9.21. The first kappa shape index (κ1) is 17.5. The average Bonchev–Trinajstić information content (AvgIpc) is 3.24. The van der Waals surface area contributed by atoms with Crippen molar-refractivity contribution in [2.45, 2.75) is 13.0 Å². The van der Waals surface area contributed by atoms with Gasteiger partial charge in [0.2, 0.25) is 0 Å². The lowest BCUT2D eigenvalue weighted by molar-refractivity contribution is 0.193. The van der Waals surface area contributed by atoms with Gasteiger partial charge in [0.05, 0.1) is 10.6 Å². The van der Waals surface area contributed by atoms with E-state index in [0.717, 1.165) is 17.7 Å². The number of hydrogen-bond acceptors (Lipinski definition) is 3. The van der Waals surface area contributed by atoms with Crippen molar-refractivity contribution < 1.29 is 9.53 Å². The Labute approximate surface area is 151 Å². The number of benzene rings is 1. The van der Waals surface area contributed by atoms with E-state index in [2.05, 4.69) is 51.9 Å². The maximum Gasteiger partial charge on any atom is 0.315 e. The van der Waals surface area contributed by atoms with Crippen molar-refractivity contribution in [3.8, 4) is 10.6 Å². The molecule has 0 aliphatic carbocycles. The van der Waals surface area contributed by atoms with Gasteiger partial charge >= 0.3 is 6.03 Å². The second kappa shape index (κ2) is 8.18. The maximum absolute atomic E-state index is 12.1. The Bertz CT molecular complexity index is 840. The molecule has 0 saturated carbocycles.